The summed E-state index contributed by atoms with van der Waals surface area (Å²) in [6, 6.07) is 1.93. The van der Waals surface area contributed by atoms with Crippen molar-refractivity contribution in [2.24, 2.45) is 0 Å². The highest BCUT2D eigenvalue weighted by Gasteiger charge is 2.08. The Kier molecular flexibility index (Phi) is 5.15. The fourth-order valence-electron chi connectivity index (χ4n) is 1.35. The van der Waals surface area contributed by atoms with Gasteiger partial charge in [0, 0.05) is 32.6 Å². The number of hydrogen-bond acceptors (Lipinski definition) is 5. The van der Waals surface area contributed by atoms with Crippen molar-refractivity contribution in [3.8, 4) is 0 Å². The van der Waals surface area contributed by atoms with Gasteiger partial charge < -0.3 is 10.7 Å². The van der Waals surface area contributed by atoms with Gasteiger partial charge >= 0.3 is 0 Å². The van der Waals surface area contributed by atoms with Crippen LogP contribution in [0.4, 0.5) is 11.6 Å². The SMILES string of the molecule is CCCNc1cc(NN(C)C)nc(C(C)C)n1. The van der Waals surface area contributed by atoms with Crippen LogP contribution in [0.5, 0.6) is 0 Å². The third-order valence-electron chi connectivity index (χ3n) is 2.15. The minimum atomic E-state index is 0.320. The van der Waals surface area contributed by atoms with Gasteiger partial charge in [-0.2, -0.15) is 0 Å². The molecule has 2 N–H and O–H groups in total. The molecule has 0 unspecified atom stereocenters. The average Bonchev–Trinajstić information content (AvgIpc) is 2.25. The lowest BCUT2D eigenvalue weighted by atomic mass is 10.2. The van der Waals surface area contributed by atoms with Crippen LogP contribution in [0.15, 0.2) is 6.07 Å². The Balaban J connectivity index is 2.92. The zero-order chi connectivity index (χ0) is 12.8. The fraction of sp³-hybridized carbons (Fsp3) is 0.667. The van der Waals surface area contributed by atoms with Crippen LogP contribution in [0, 0.1) is 0 Å². The number of rotatable bonds is 6. The maximum Gasteiger partial charge on any atom is 0.146 e. The first-order valence-electron chi connectivity index (χ1n) is 6.09. The van der Waals surface area contributed by atoms with Crippen LogP contribution in [0.2, 0.25) is 0 Å². The summed E-state index contributed by atoms with van der Waals surface area (Å²) in [5.41, 5.74) is 3.16. The summed E-state index contributed by atoms with van der Waals surface area (Å²) in [7, 11) is 3.88. The predicted molar refractivity (Wildman–Crippen MR) is 72.2 cm³/mol. The van der Waals surface area contributed by atoms with Gasteiger partial charge in [0.05, 0.1) is 0 Å². The first kappa shape index (κ1) is 13.7. The van der Waals surface area contributed by atoms with Crippen LogP contribution in [-0.2, 0) is 0 Å². The third kappa shape index (κ3) is 4.56. The standard InChI is InChI=1S/C12H23N5/c1-6-7-13-10-8-11(16-17(4)5)15-12(14-10)9(2)3/h8-9H,6-7H2,1-5H3,(H2,13,14,15,16). The van der Waals surface area contributed by atoms with E-state index in [0.717, 1.165) is 30.4 Å². The Morgan fingerprint density at radius 1 is 1.24 bits per heavy atom. The molecule has 0 atom stereocenters. The Hall–Kier alpha value is -1.36. The molecule has 5 heteroatoms. The summed E-state index contributed by atoms with van der Waals surface area (Å²) in [5, 5.41) is 5.16. The number of hydrogen-bond donors (Lipinski definition) is 2. The van der Waals surface area contributed by atoms with Crippen molar-refractivity contribution >= 4 is 11.6 Å². The molecule has 1 rings (SSSR count). The Labute approximate surface area is 104 Å². The topological polar surface area (TPSA) is 53.1 Å². The maximum absolute atomic E-state index is 4.50. The molecule has 0 radical (unpaired) electrons. The van der Waals surface area contributed by atoms with Crippen LogP contribution < -0.4 is 10.7 Å². The number of aromatic nitrogens is 2. The molecule has 0 aromatic carbocycles. The number of nitrogens with one attached hydrogen (secondary N) is 2. The molecule has 0 saturated heterocycles. The van der Waals surface area contributed by atoms with Crippen molar-refractivity contribution < 1.29 is 0 Å². The molecule has 0 aliphatic rings. The van der Waals surface area contributed by atoms with Crippen molar-refractivity contribution in [3.63, 3.8) is 0 Å². The molecule has 0 spiro atoms. The van der Waals surface area contributed by atoms with Crippen LogP contribution in [-0.4, -0.2) is 35.6 Å². The second kappa shape index (κ2) is 6.39. The summed E-state index contributed by atoms with van der Waals surface area (Å²) < 4.78 is 0. The molecule has 0 aliphatic heterocycles. The monoisotopic (exact) mass is 237 g/mol. The smallest absolute Gasteiger partial charge is 0.146 e. The van der Waals surface area contributed by atoms with E-state index in [-0.39, 0.29) is 0 Å². The second-order valence-electron chi connectivity index (χ2n) is 4.58. The molecule has 1 aromatic heterocycles. The van der Waals surface area contributed by atoms with E-state index in [9.17, 15) is 0 Å². The van der Waals surface area contributed by atoms with E-state index in [0.29, 0.717) is 5.92 Å². The summed E-state index contributed by atoms with van der Waals surface area (Å²) in [6.07, 6.45) is 1.08. The van der Waals surface area contributed by atoms with Gasteiger partial charge in [0.1, 0.15) is 17.5 Å². The summed E-state index contributed by atoms with van der Waals surface area (Å²) in [5.74, 6) is 2.89. The van der Waals surface area contributed by atoms with Gasteiger partial charge in [-0.15, -0.1) is 0 Å². The van der Waals surface area contributed by atoms with Gasteiger partial charge in [0.2, 0.25) is 0 Å². The fourth-order valence-corrected chi connectivity index (χ4v) is 1.35. The van der Waals surface area contributed by atoms with Gasteiger partial charge in [-0.05, 0) is 6.42 Å². The first-order chi connectivity index (χ1) is 8.02. The van der Waals surface area contributed by atoms with E-state index < -0.39 is 0 Å². The van der Waals surface area contributed by atoms with E-state index in [1.807, 2.05) is 25.2 Å². The van der Waals surface area contributed by atoms with Crippen molar-refractivity contribution in [2.45, 2.75) is 33.1 Å². The summed E-state index contributed by atoms with van der Waals surface area (Å²) in [6.45, 7) is 7.25. The van der Waals surface area contributed by atoms with E-state index in [2.05, 4.69) is 41.5 Å². The molecule has 0 fully saturated rings. The number of nitrogens with zero attached hydrogens (tertiary/aromatic N) is 3. The molecule has 0 saturated carbocycles. The maximum atomic E-state index is 4.50. The lowest BCUT2D eigenvalue weighted by Gasteiger charge is -2.16. The second-order valence-corrected chi connectivity index (χ2v) is 4.58. The molecule has 17 heavy (non-hydrogen) atoms. The van der Waals surface area contributed by atoms with Gasteiger partial charge in [-0.3, -0.25) is 0 Å². The lowest BCUT2D eigenvalue weighted by molar-refractivity contribution is 0.491. The zero-order valence-electron chi connectivity index (χ0n) is 11.4. The van der Waals surface area contributed by atoms with Crippen LogP contribution >= 0.6 is 0 Å². The average molecular weight is 237 g/mol. The first-order valence-corrected chi connectivity index (χ1v) is 6.09. The lowest BCUT2D eigenvalue weighted by Crippen LogP contribution is -2.21. The Morgan fingerprint density at radius 3 is 2.41 bits per heavy atom. The normalized spacial score (nSPS) is 11.0. The van der Waals surface area contributed by atoms with Gasteiger partial charge in [-0.25, -0.2) is 15.0 Å². The molecule has 0 amide bonds. The van der Waals surface area contributed by atoms with Gasteiger partial charge in [0.15, 0.2) is 0 Å². The molecule has 5 nitrogen and oxygen atoms in total. The highest BCUT2D eigenvalue weighted by Crippen LogP contribution is 2.17. The minimum absolute atomic E-state index is 0.320. The van der Waals surface area contributed by atoms with E-state index in [1.54, 1.807) is 0 Å². The van der Waals surface area contributed by atoms with Gasteiger partial charge in [0.25, 0.3) is 0 Å². The predicted octanol–water partition coefficient (Wildman–Crippen LogP) is 2.31. The van der Waals surface area contributed by atoms with Crippen LogP contribution in [0.1, 0.15) is 38.9 Å². The van der Waals surface area contributed by atoms with Crippen molar-refractivity contribution in [3.05, 3.63) is 11.9 Å². The van der Waals surface area contributed by atoms with E-state index >= 15 is 0 Å². The van der Waals surface area contributed by atoms with Gasteiger partial charge in [-0.1, -0.05) is 20.8 Å². The molecular formula is C12H23N5. The van der Waals surface area contributed by atoms with Crippen molar-refractivity contribution in [1.29, 1.82) is 0 Å². The largest absolute Gasteiger partial charge is 0.370 e. The number of anilines is 2. The third-order valence-corrected chi connectivity index (χ3v) is 2.15. The van der Waals surface area contributed by atoms with Crippen molar-refractivity contribution in [2.75, 3.05) is 31.4 Å². The Bertz CT molecular complexity index is 349. The molecular weight excluding hydrogens is 214 g/mol. The van der Waals surface area contributed by atoms with Crippen LogP contribution in [0.3, 0.4) is 0 Å². The molecule has 96 valence electrons. The summed E-state index contributed by atoms with van der Waals surface area (Å²) >= 11 is 0. The minimum Gasteiger partial charge on any atom is -0.370 e. The van der Waals surface area contributed by atoms with Crippen molar-refractivity contribution in [1.82, 2.24) is 15.0 Å². The quantitative estimate of drug-likeness (QED) is 0.744. The highest BCUT2D eigenvalue weighted by molar-refractivity contribution is 5.47. The van der Waals surface area contributed by atoms with Crippen LogP contribution in [0.25, 0.3) is 0 Å². The molecule has 1 heterocycles. The van der Waals surface area contributed by atoms with E-state index in [4.69, 9.17) is 0 Å². The Morgan fingerprint density at radius 2 is 1.88 bits per heavy atom. The molecule has 1 aromatic rings. The molecule has 0 bridgehead atoms. The number of hydrazine groups is 1. The van der Waals surface area contributed by atoms with E-state index in [1.165, 1.54) is 0 Å². The highest BCUT2D eigenvalue weighted by atomic mass is 15.5. The molecule has 0 aliphatic carbocycles. The zero-order valence-corrected chi connectivity index (χ0v) is 11.4. The summed E-state index contributed by atoms with van der Waals surface area (Å²) in [4.78, 5) is 8.97.